The number of hydrogen-bond acceptors (Lipinski definition) is 3. The molecule has 0 aliphatic carbocycles. The van der Waals surface area contributed by atoms with E-state index in [0.29, 0.717) is 25.2 Å². The van der Waals surface area contributed by atoms with Gasteiger partial charge in [-0.05, 0) is 25.5 Å². The van der Waals surface area contributed by atoms with Gasteiger partial charge in [0.05, 0.1) is 12.4 Å². The summed E-state index contributed by atoms with van der Waals surface area (Å²) in [6, 6.07) is 0. The van der Waals surface area contributed by atoms with E-state index in [1.807, 2.05) is 0 Å². The molecule has 0 unspecified atom stereocenters. The van der Waals surface area contributed by atoms with Crippen molar-refractivity contribution >= 4 is 17.7 Å². The van der Waals surface area contributed by atoms with E-state index in [4.69, 9.17) is 4.74 Å². The van der Waals surface area contributed by atoms with Gasteiger partial charge in [-0.25, -0.2) is 0 Å². The Bertz CT molecular complexity index is 195. The van der Waals surface area contributed by atoms with Crippen LogP contribution in [0.4, 0.5) is 13.2 Å². The highest BCUT2D eigenvalue weighted by Crippen LogP contribution is 2.22. The maximum Gasteiger partial charge on any atom is 0.389 e. The molecule has 0 fully saturated rings. The van der Waals surface area contributed by atoms with Gasteiger partial charge in [-0.15, -0.1) is 0 Å². The quantitative estimate of drug-likeness (QED) is 0.493. The minimum atomic E-state index is -4.04. The largest absolute Gasteiger partial charge is 0.465 e. The van der Waals surface area contributed by atoms with Crippen LogP contribution in [0.25, 0.3) is 0 Å². The molecule has 0 aliphatic heterocycles. The lowest BCUT2D eigenvalue weighted by Gasteiger charge is -2.05. The highest BCUT2D eigenvalue weighted by molar-refractivity contribution is 7.99. The van der Waals surface area contributed by atoms with Crippen LogP contribution in [0, 0.1) is 0 Å². The molecule has 2 nitrogen and oxygen atoms in total. The molecule has 96 valence electrons. The first-order valence-electron chi connectivity index (χ1n) is 5.26. The van der Waals surface area contributed by atoms with Gasteiger partial charge >= 0.3 is 12.1 Å². The van der Waals surface area contributed by atoms with Crippen LogP contribution < -0.4 is 0 Å². The summed E-state index contributed by atoms with van der Waals surface area (Å²) in [6.45, 7) is 2.10. The molecule has 0 aliphatic rings. The first-order valence-corrected chi connectivity index (χ1v) is 6.41. The van der Waals surface area contributed by atoms with Crippen molar-refractivity contribution < 1.29 is 22.7 Å². The van der Waals surface area contributed by atoms with Crippen molar-refractivity contribution in [2.45, 2.75) is 38.8 Å². The second kappa shape index (κ2) is 8.73. The Morgan fingerprint density at radius 1 is 1.25 bits per heavy atom. The second-order valence-electron chi connectivity index (χ2n) is 3.28. The highest BCUT2D eigenvalue weighted by atomic mass is 32.2. The summed E-state index contributed by atoms with van der Waals surface area (Å²) in [5, 5.41) is 0. The molecule has 0 radical (unpaired) electrons. The first kappa shape index (κ1) is 15.6. The Balaban J connectivity index is 3.19. The predicted octanol–water partition coefficient (Wildman–Crippen LogP) is 3.41. The molecular formula is C10H17F3O2S. The normalized spacial score (nSPS) is 11.5. The number of ether oxygens (including phenoxy) is 1. The van der Waals surface area contributed by atoms with Gasteiger partial charge in [0.15, 0.2) is 0 Å². The van der Waals surface area contributed by atoms with Crippen molar-refractivity contribution in [3.8, 4) is 0 Å². The molecule has 16 heavy (non-hydrogen) atoms. The summed E-state index contributed by atoms with van der Waals surface area (Å²) >= 11 is 1.40. The third kappa shape index (κ3) is 11.7. The minimum absolute atomic E-state index is 0.170. The van der Waals surface area contributed by atoms with E-state index in [1.54, 1.807) is 6.92 Å². The molecule has 0 saturated carbocycles. The number of esters is 1. The SMILES string of the molecule is CCOC(=O)CSCCCCCC(F)(F)F. The third-order valence-electron chi connectivity index (χ3n) is 1.77. The fourth-order valence-electron chi connectivity index (χ4n) is 1.06. The number of alkyl halides is 3. The van der Waals surface area contributed by atoms with Crippen molar-refractivity contribution in [3.05, 3.63) is 0 Å². The van der Waals surface area contributed by atoms with Crippen molar-refractivity contribution in [2.24, 2.45) is 0 Å². The number of hydrogen-bond donors (Lipinski definition) is 0. The minimum Gasteiger partial charge on any atom is -0.465 e. The molecule has 0 bridgehead atoms. The zero-order valence-corrected chi connectivity index (χ0v) is 10.1. The summed E-state index contributed by atoms with van der Waals surface area (Å²) in [6.07, 6.45) is -3.33. The van der Waals surface area contributed by atoms with Gasteiger partial charge < -0.3 is 4.74 Å². The molecule has 0 saturated heterocycles. The lowest BCUT2D eigenvalue weighted by Crippen LogP contribution is -2.07. The number of halogens is 3. The summed E-state index contributed by atoms with van der Waals surface area (Å²) in [5.74, 6) is 0.729. The second-order valence-corrected chi connectivity index (χ2v) is 4.39. The van der Waals surface area contributed by atoms with Crippen LogP contribution in [-0.4, -0.2) is 30.3 Å². The lowest BCUT2D eigenvalue weighted by molar-refractivity contribution is -0.140. The van der Waals surface area contributed by atoms with Crippen LogP contribution in [0.5, 0.6) is 0 Å². The molecule has 6 heteroatoms. The monoisotopic (exact) mass is 258 g/mol. The summed E-state index contributed by atoms with van der Waals surface area (Å²) < 4.78 is 40.0. The third-order valence-corrected chi connectivity index (χ3v) is 2.79. The molecule has 0 spiro atoms. The number of unbranched alkanes of at least 4 members (excludes halogenated alkanes) is 2. The average molecular weight is 258 g/mol. The molecule has 0 aromatic carbocycles. The van der Waals surface area contributed by atoms with E-state index < -0.39 is 12.6 Å². The smallest absolute Gasteiger partial charge is 0.389 e. The van der Waals surface area contributed by atoms with Gasteiger partial charge in [0.1, 0.15) is 0 Å². The molecule has 0 aromatic heterocycles. The van der Waals surface area contributed by atoms with Crippen molar-refractivity contribution in [3.63, 3.8) is 0 Å². The number of carbonyl (C=O) groups excluding carboxylic acids is 1. The van der Waals surface area contributed by atoms with Crippen molar-refractivity contribution in [1.29, 1.82) is 0 Å². The number of rotatable bonds is 8. The predicted molar refractivity (Wildman–Crippen MR) is 58.5 cm³/mol. The molecule has 0 rings (SSSR count). The number of carbonyl (C=O) groups is 1. The Morgan fingerprint density at radius 3 is 2.50 bits per heavy atom. The van der Waals surface area contributed by atoms with Crippen molar-refractivity contribution in [1.82, 2.24) is 0 Å². The fourth-order valence-corrected chi connectivity index (χ4v) is 1.87. The molecular weight excluding hydrogens is 241 g/mol. The van der Waals surface area contributed by atoms with Crippen molar-refractivity contribution in [2.75, 3.05) is 18.1 Å². The van der Waals surface area contributed by atoms with Crippen LogP contribution >= 0.6 is 11.8 Å². The zero-order chi connectivity index (χ0) is 12.4. The van der Waals surface area contributed by atoms with Gasteiger partial charge in [-0.1, -0.05) is 6.42 Å². The topological polar surface area (TPSA) is 26.3 Å². The molecule has 0 N–H and O–H groups in total. The van der Waals surface area contributed by atoms with Gasteiger partial charge in [0.25, 0.3) is 0 Å². The van der Waals surface area contributed by atoms with E-state index in [9.17, 15) is 18.0 Å². The van der Waals surface area contributed by atoms with Gasteiger partial charge in [-0.2, -0.15) is 24.9 Å². The zero-order valence-electron chi connectivity index (χ0n) is 9.31. The van der Waals surface area contributed by atoms with Gasteiger partial charge in [0.2, 0.25) is 0 Å². The molecule has 0 aromatic rings. The summed E-state index contributed by atoms with van der Waals surface area (Å²) in [4.78, 5) is 10.9. The average Bonchev–Trinajstić information content (AvgIpc) is 2.15. The first-order chi connectivity index (χ1) is 7.45. The van der Waals surface area contributed by atoms with E-state index >= 15 is 0 Å². The Labute approximate surface area is 97.9 Å². The highest BCUT2D eigenvalue weighted by Gasteiger charge is 2.25. The van der Waals surface area contributed by atoms with Crippen LogP contribution in [0.3, 0.4) is 0 Å². The summed E-state index contributed by atoms with van der Waals surface area (Å²) in [7, 11) is 0. The van der Waals surface area contributed by atoms with Gasteiger partial charge in [0, 0.05) is 6.42 Å². The Morgan fingerprint density at radius 2 is 1.94 bits per heavy atom. The van der Waals surface area contributed by atoms with Gasteiger partial charge in [-0.3, -0.25) is 4.79 Å². The fraction of sp³-hybridized carbons (Fsp3) is 0.900. The van der Waals surface area contributed by atoms with Crippen LogP contribution in [0.2, 0.25) is 0 Å². The molecule has 0 amide bonds. The standard InChI is InChI=1S/C10H17F3O2S/c1-2-15-9(14)8-16-7-5-3-4-6-10(11,12)13/h2-8H2,1H3. The number of thioether (sulfide) groups is 1. The van der Waals surface area contributed by atoms with E-state index in [0.717, 1.165) is 0 Å². The van der Waals surface area contributed by atoms with E-state index in [1.165, 1.54) is 11.8 Å². The van der Waals surface area contributed by atoms with E-state index in [-0.39, 0.29) is 18.1 Å². The van der Waals surface area contributed by atoms with Crippen LogP contribution in [-0.2, 0) is 9.53 Å². The Hall–Kier alpha value is -0.390. The lowest BCUT2D eigenvalue weighted by atomic mass is 10.2. The molecule has 0 atom stereocenters. The summed E-state index contributed by atoms with van der Waals surface area (Å²) in [5.41, 5.74) is 0. The van der Waals surface area contributed by atoms with Crippen LogP contribution in [0.1, 0.15) is 32.6 Å². The Kier molecular flexibility index (Phi) is 8.51. The van der Waals surface area contributed by atoms with Crippen LogP contribution in [0.15, 0.2) is 0 Å². The maximum atomic E-state index is 11.8. The van der Waals surface area contributed by atoms with E-state index in [2.05, 4.69) is 0 Å². The maximum absolute atomic E-state index is 11.8. The molecule has 0 heterocycles.